The summed E-state index contributed by atoms with van der Waals surface area (Å²) in [6.45, 7) is 11.0. The highest BCUT2D eigenvalue weighted by atomic mass is 32.2. The molecule has 0 bridgehead atoms. The second-order valence-electron chi connectivity index (χ2n) is 8.52. The lowest BCUT2D eigenvalue weighted by molar-refractivity contribution is -0.140. The zero-order valence-electron chi connectivity index (χ0n) is 19.8. The second-order valence-corrected chi connectivity index (χ2v) is 10.7. The first-order chi connectivity index (χ1) is 15.7. The number of nitrogens with zero attached hydrogens (tertiary/aromatic N) is 3. The highest BCUT2D eigenvalue weighted by Gasteiger charge is 2.27. The summed E-state index contributed by atoms with van der Waals surface area (Å²) >= 11 is 2.79. The number of ether oxygens (including phenoxy) is 2. The molecule has 3 aromatic rings. The van der Waals surface area contributed by atoms with Crippen molar-refractivity contribution in [2.45, 2.75) is 52.0 Å². The van der Waals surface area contributed by atoms with E-state index in [0.717, 1.165) is 16.0 Å². The summed E-state index contributed by atoms with van der Waals surface area (Å²) in [5.41, 5.74) is 2.43. The summed E-state index contributed by atoms with van der Waals surface area (Å²) in [4.78, 5) is 35.2. The van der Waals surface area contributed by atoms with E-state index in [1.54, 1.807) is 11.7 Å². The van der Waals surface area contributed by atoms with Crippen molar-refractivity contribution in [3.63, 3.8) is 0 Å². The Balaban J connectivity index is 1.78. The van der Waals surface area contributed by atoms with Gasteiger partial charge in [-0.05, 0) is 57.9 Å². The Kier molecular flexibility index (Phi) is 6.83. The van der Waals surface area contributed by atoms with Crippen molar-refractivity contribution in [3.05, 3.63) is 44.6 Å². The van der Waals surface area contributed by atoms with Gasteiger partial charge in [-0.2, -0.15) is 0 Å². The highest BCUT2D eigenvalue weighted by molar-refractivity contribution is 7.99. The van der Waals surface area contributed by atoms with Crippen LogP contribution in [0.3, 0.4) is 0 Å². The second kappa shape index (κ2) is 9.48. The Morgan fingerprint density at radius 1 is 1.24 bits per heavy atom. The zero-order valence-corrected chi connectivity index (χ0v) is 21.4. The van der Waals surface area contributed by atoms with Gasteiger partial charge in [-0.3, -0.25) is 14.2 Å². The van der Waals surface area contributed by atoms with Gasteiger partial charge in [-0.15, -0.1) is 11.3 Å². The van der Waals surface area contributed by atoms with Gasteiger partial charge in [0.15, 0.2) is 5.16 Å². The number of carbonyl (C=O) groups excluding carboxylic acids is 1. The van der Waals surface area contributed by atoms with Crippen molar-refractivity contribution in [2.24, 2.45) is 0 Å². The van der Waals surface area contributed by atoms with Gasteiger partial charge in [0.25, 0.3) is 5.56 Å². The number of carbonyl (C=O) groups is 1. The summed E-state index contributed by atoms with van der Waals surface area (Å²) in [6.07, 6.45) is 0.00737. The van der Waals surface area contributed by atoms with Crippen LogP contribution < -0.4 is 10.3 Å². The zero-order chi connectivity index (χ0) is 23.9. The van der Waals surface area contributed by atoms with E-state index in [1.807, 2.05) is 57.7 Å². The van der Waals surface area contributed by atoms with E-state index in [9.17, 15) is 9.59 Å². The largest absolute Gasteiger partial charge is 0.495 e. The first-order valence-electron chi connectivity index (χ1n) is 10.9. The fraction of sp³-hybridized carbons (Fsp3) is 0.458. The molecule has 0 radical (unpaired) electrons. The van der Waals surface area contributed by atoms with E-state index >= 15 is 0 Å². The van der Waals surface area contributed by atoms with Crippen molar-refractivity contribution in [1.82, 2.24) is 14.5 Å². The third kappa shape index (κ3) is 4.67. The monoisotopic (exact) mass is 487 g/mol. The van der Waals surface area contributed by atoms with Crippen molar-refractivity contribution in [3.8, 4) is 11.4 Å². The van der Waals surface area contributed by atoms with Crippen LogP contribution in [0.2, 0.25) is 0 Å². The molecule has 1 aromatic carbocycles. The minimum Gasteiger partial charge on any atom is -0.495 e. The van der Waals surface area contributed by atoms with Gasteiger partial charge < -0.3 is 14.4 Å². The van der Waals surface area contributed by atoms with Gasteiger partial charge in [-0.1, -0.05) is 17.8 Å². The number of thiophene rings is 1. The van der Waals surface area contributed by atoms with Gasteiger partial charge in [0.2, 0.25) is 5.91 Å². The maximum absolute atomic E-state index is 13.7. The van der Waals surface area contributed by atoms with Gasteiger partial charge in [0, 0.05) is 18.0 Å². The Bertz CT molecular complexity index is 1260. The van der Waals surface area contributed by atoms with Gasteiger partial charge in [-0.25, -0.2) is 4.98 Å². The van der Waals surface area contributed by atoms with E-state index in [1.165, 1.54) is 23.1 Å². The van der Waals surface area contributed by atoms with Crippen LogP contribution in [0.1, 0.15) is 29.9 Å². The molecule has 4 rings (SSSR count). The normalized spacial score (nSPS) is 18.7. The summed E-state index contributed by atoms with van der Waals surface area (Å²) in [6, 6.07) is 5.71. The number of benzene rings is 1. The number of methoxy groups -OCH3 is 1. The summed E-state index contributed by atoms with van der Waals surface area (Å²) in [5.74, 6) is 0.782. The van der Waals surface area contributed by atoms with Crippen LogP contribution in [0.4, 0.5) is 0 Å². The van der Waals surface area contributed by atoms with Gasteiger partial charge >= 0.3 is 0 Å². The SMILES string of the molecule is COc1ccc(C)cc1-n1c(SCC(=O)N2C[C@H](C)O[C@@H](C)C2)nc2sc(C)c(C)c2c1=O. The standard InChI is InChI=1S/C24H29N3O4S2/c1-13-7-8-19(30-6)18(9-13)27-23(29)21-16(4)17(5)33-22(21)25-24(27)32-12-20(28)26-10-14(2)31-15(3)11-26/h7-9,14-15H,10-12H2,1-6H3/t14-,15-/m0/s1. The average molecular weight is 488 g/mol. The number of hydrogen-bond donors (Lipinski definition) is 0. The molecular formula is C24H29N3O4S2. The van der Waals surface area contributed by atoms with Crippen LogP contribution in [0.25, 0.3) is 15.9 Å². The topological polar surface area (TPSA) is 73.7 Å². The number of thioether (sulfide) groups is 1. The molecule has 0 saturated carbocycles. The molecule has 1 aliphatic heterocycles. The molecule has 7 nitrogen and oxygen atoms in total. The van der Waals surface area contributed by atoms with E-state index < -0.39 is 0 Å². The van der Waals surface area contributed by atoms with Crippen molar-refractivity contribution < 1.29 is 14.3 Å². The molecular weight excluding hydrogens is 458 g/mol. The molecule has 0 aliphatic carbocycles. The van der Waals surface area contributed by atoms with Crippen LogP contribution in [-0.2, 0) is 9.53 Å². The Labute approximate surface area is 201 Å². The molecule has 0 unspecified atom stereocenters. The fourth-order valence-electron chi connectivity index (χ4n) is 4.16. The summed E-state index contributed by atoms with van der Waals surface area (Å²) in [5, 5.41) is 1.10. The third-order valence-electron chi connectivity index (χ3n) is 5.84. The number of rotatable bonds is 5. The summed E-state index contributed by atoms with van der Waals surface area (Å²) < 4.78 is 12.9. The molecule has 1 saturated heterocycles. The van der Waals surface area contributed by atoms with E-state index in [2.05, 4.69) is 0 Å². The highest BCUT2D eigenvalue weighted by Crippen LogP contribution is 2.32. The number of hydrogen-bond acceptors (Lipinski definition) is 7. The maximum Gasteiger partial charge on any atom is 0.267 e. The smallest absolute Gasteiger partial charge is 0.267 e. The quantitative estimate of drug-likeness (QED) is 0.398. The van der Waals surface area contributed by atoms with Crippen molar-refractivity contribution in [2.75, 3.05) is 26.0 Å². The lowest BCUT2D eigenvalue weighted by Crippen LogP contribution is -2.48. The van der Waals surface area contributed by atoms with Crippen LogP contribution in [0.5, 0.6) is 5.75 Å². The minimum absolute atomic E-state index is 0.00369. The lowest BCUT2D eigenvalue weighted by atomic mass is 10.2. The minimum atomic E-state index is -0.144. The van der Waals surface area contributed by atoms with Crippen LogP contribution in [0.15, 0.2) is 28.2 Å². The lowest BCUT2D eigenvalue weighted by Gasteiger charge is -2.35. The van der Waals surface area contributed by atoms with Crippen LogP contribution in [0, 0.1) is 20.8 Å². The van der Waals surface area contributed by atoms with Crippen molar-refractivity contribution in [1.29, 1.82) is 0 Å². The van der Waals surface area contributed by atoms with Crippen LogP contribution in [-0.4, -0.2) is 58.5 Å². The number of aryl methyl sites for hydroxylation is 3. The number of aromatic nitrogens is 2. The van der Waals surface area contributed by atoms with Gasteiger partial charge in [0.1, 0.15) is 10.6 Å². The number of morpholine rings is 1. The number of fused-ring (bicyclic) bond motifs is 1. The molecule has 0 N–H and O–H groups in total. The molecule has 9 heteroatoms. The van der Waals surface area contributed by atoms with Crippen molar-refractivity contribution >= 4 is 39.2 Å². The molecule has 176 valence electrons. The van der Waals surface area contributed by atoms with E-state index in [4.69, 9.17) is 14.5 Å². The average Bonchev–Trinajstić information content (AvgIpc) is 3.05. The first-order valence-corrected chi connectivity index (χ1v) is 12.7. The Morgan fingerprint density at radius 2 is 1.94 bits per heavy atom. The molecule has 2 atom stereocenters. The molecule has 1 fully saturated rings. The fourth-order valence-corrected chi connectivity index (χ4v) is 6.14. The molecule has 0 spiro atoms. The molecule has 1 amide bonds. The first kappa shape index (κ1) is 23.8. The molecule has 1 aliphatic rings. The third-order valence-corrected chi connectivity index (χ3v) is 7.87. The Morgan fingerprint density at radius 3 is 2.61 bits per heavy atom. The van der Waals surface area contributed by atoms with Crippen LogP contribution >= 0.6 is 23.1 Å². The predicted octanol–water partition coefficient (Wildman–Crippen LogP) is 4.11. The summed E-state index contributed by atoms with van der Waals surface area (Å²) in [7, 11) is 1.59. The van der Waals surface area contributed by atoms with Gasteiger partial charge in [0.05, 0.1) is 36.1 Å². The van der Waals surface area contributed by atoms with E-state index in [0.29, 0.717) is 39.9 Å². The predicted molar refractivity (Wildman–Crippen MR) is 133 cm³/mol. The maximum atomic E-state index is 13.7. The molecule has 3 heterocycles. The number of amides is 1. The molecule has 33 heavy (non-hydrogen) atoms. The Hall–Kier alpha value is -2.36. The molecule has 2 aromatic heterocycles. The van der Waals surface area contributed by atoms with E-state index in [-0.39, 0.29) is 29.4 Å².